The third-order valence-electron chi connectivity index (χ3n) is 2.11. The van der Waals surface area contributed by atoms with Crippen molar-refractivity contribution in [1.29, 1.82) is 0 Å². The van der Waals surface area contributed by atoms with Crippen LogP contribution in [0.3, 0.4) is 0 Å². The normalized spacial score (nSPS) is 10.7. The van der Waals surface area contributed by atoms with Gasteiger partial charge in [0.15, 0.2) is 5.82 Å². The van der Waals surface area contributed by atoms with E-state index < -0.39 is 0 Å². The lowest BCUT2D eigenvalue weighted by Gasteiger charge is -2.21. The van der Waals surface area contributed by atoms with Crippen LogP contribution in [0.2, 0.25) is 0 Å². The number of nitrogens with one attached hydrogen (secondary N) is 1. The minimum absolute atomic E-state index is 0.166. The van der Waals surface area contributed by atoms with E-state index in [0.29, 0.717) is 5.82 Å². The van der Waals surface area contributed by atoms with E-state index in [4.69, 9.17) is 5.73 Å². The molecule has 1 aromatic rings. The van der Waals surface area contributed by atoms with Gasteiger partial charge >= 0.3 is 0 Å². The molecule has 0 amide bonds. The van der Waals surface area contributed by atoms with Crippen LogP contribution in [0.15, 0.2) is 11.1 Å². The van der Waals surface area contributed by atoms with Gasteiger partial charge in [-0.15, -0.1) is 0 Å². The van der Waals surface area contributed by atoms with E-state index in [2.05, 4.69) is 14.9 Å². The zero-order valence-electron chi connectivity index (χ0n) is 9.32. The van der Waals surface area contributed by atoms with Gasteiger partial charge in [0, 0.05) is 20.1 Å². The molecule has 0 saturated heterocycles. The highest BCUT2D eigenvalue weighted by Crippen LogP contribution is 2.12. The molecule has 3 N–H and O–H groups in total. The molecule has 0 unspecified atom stereocenters. The summed E-state index contributed by atoms with van der Waals surface area (Å²) in [5.74, 6) is 0.528. The van der Waals surface area contributed by atoms with Crippen LogP contribution in [0, 0.1) is 0 Å². The maximum Gasteiger partial charge on any atom is 0.276 e. The number of nitrogens with zero attached hydrogens (tertiary/aromatic N) is 3. The highest BCUT2D eigenvalue weighted by molar-refractivity contribution is 5.60. The highest BCUT2D eigenvalue weighted by atomic mass is 16.1. The first-order valence-electron chi connectivity index (χ1n) is 4.71. The molecule has 0 spiro atoms. The third-order valence-corrected chi connectivity index (χ3v) is 2.11. The summed E-state index contributed by atoms with van der Waals surface area (Å²) in [6.07, 6.45) is 1.36. The molecule has 0 fully saturated rings. The van der Waals surface area contributed by atoms with E-state index in [1.165, 1.54) is 6.33 Å². The second-order valence-electron chi connectivity index (χ2n) is 3.69. The first-order chi connectivity index (χ1) is 7.02. The third kappa shape index (κ3) is 2.95. The Morgan fingerprint density at radius 2 is 2.07 bits per heavy atom. The lowest BCUT2D eigenvalue weighted by Crippen LogP contribution is -2.31. The quantitative estimate of drug-likeness (QED) is 0.692. The molecule has 0 atom stereocenters. The van der Waals surface area contributed by atoms with Crippen LogP contribution >= 0.6 is 0 Å². The molecule has 0 aliphatic carbocycles. The molecular weight excluding hydrogens is 194 g/mol. The van der Waals surface area contributed by atoms with E-state index in [9.17, 15) is 4.79 Å². The summed E-state index contributed by atoms with van der Waals surface area (Å²) in [5.41, 5.74) is 5.50. The van der Waals surface area contributed by atoms with Crippen molar-refractivity contribution < 1.29 is 0 Å². The Balaban J connectivity index is 2.78. The molecular formula is C9H17N5O. The molecule has 0 aliphatic heterocycles. The lowest BCUT2D eigenvalue weighted by molar-refractivity contribution is 0.416. The Hall–Kier alpha value is -1.56. The fourth-order valence-corrected chi connectivity index (χ4v) is 1.16. The Morgan fingerprint density at radius 1 is 1.40 bits per heavy atom. The van der Waals surface area contributed by atoms with E-state index in [1.807, 2.05) is 26.0 Å². The predicted octanol–water partition coefficient (Wildman–Crippen LogP) is -0.650. The van der Waals surface area contributed by atoms with Gasteiger partial charge in [0.1, 0.15) is 5.69 Å². The van der Waals surface area contributed by atoms with Crippen molar-refractivity contribution in [2.75, 3.05) is 44.9 Å². The summed E-state index contributed by atoms with van der Waals surface area (Å²) >= 11 is 0. The SMILES string of the molecule is CN(C)CCN(C)c1nc[nH]c(=O)c1N. The van der Waals surface area contributed by atoms with E-state index in [-0.39, 0.29) is 11.2 Å². The van der Waals surface area contributed by atoms with Crippen LogP contribution in [-0.4, -0.2) is 49.1 Å². The molecule has 6 heteroatoms. The number of aromatic amines is 1. The Kier molecular flexibility index (Phi) is 3.68. The molecule has 0 aromatic carbocycles. The van der Waals surface area contributed by atoms with Crippen molar-refractivity contribution in [2.24, 2.45) is 0 Å². The van der Waals surface area contributed by atoms with Crippen LogP contribution in [0.1, 0.15) is 0 Å². The maximum atomic E-state index is 11.2. The average molecular weight is 211 g/mol. The van der Waals surface area contributed by atoms with E-state index in [1.54, 1.807) is 0 Å². The molecule has 0 radical (unpaired) electrons. The zero-order chi connectivity index (χ0) is 11.4. The summed E-state index contributed by atoms with van der Waals surface area (Å²) in [4.78, 5) is 21.6. The minimum atomic E-state index is -0.295. The Bertz CT molecular complexity index is 373. The Labute approximate surface area is 88.7 Å². The molecule has 0 aliphatic rings. The number of H-pyrrole nitrogens is 1. The van der Waals surface area contributed by atoms with Crippen molar-refractivity contribution in [3.63, 3.8) is 0 Å². The molecule has 15 heavy (non-hydrogen) atoms. The van der Waals surface area contributed by atoms with Crippen LogP contribution in [0.25, 0.3) is 0 Å². The lowest BCUT2D eigenvalue weighted by atomic mass is 10.4. The van der Waals surface area contributed by atoms with Gasteiger partial charge in [0.2, 0.25) is 0 Å². The average Bonchev–Trinajstić information content (AvgIpc) is 2.18. The van der Waals surface area contributed by atoms with Gasteiger partial charge in [-0.1, -0.05) is 0 Å². The molecule has 6 nitrogen and oxygen atoms in total. The van der Waals surface area contributed by atoms with Crippen LogP contribution in [0.4, 0.5) is 11.5 Å². The molecule has 84 valence electrons. The number of nitrogens with two attached hydrogens (primary N) is 1. The van der Waals surface area contributed by atoms with Gasteiger partial charge in [-0.05, 0) is 14.1 Å². The summed E-state index contributed by atoms with van der Waals surface area (Å²) in [5, 5.41) is 0. The molecule has 1 heterocycles. The van der Waals surface area contributed by atoms with Crippen LogP contribution < -0.4 is 16.2 Å². The van der Waals surface area contributed by atoms with Crippen molar-refractivity contribution >= 4 is 11.5 Å². The number of anilines is 2. The van der Waals surface area contributed by atoms with Gasteiger partial charge in [-0.25, -0.2) is 4.98 Å². The standard InChI is InChI=1S/C9H17N5O/c1-13(2)4-5-14(3)8-7(10)9(15)12-6-11-8/h6H,4-5,10H2,1-3H3,(H,11,12,15). The maximum absolute atomic E-state index is 11.2. The molecule has 0 saturated carbocycles. The zero-order valence-corrected chi connectivity index (χ0v) is 9.32. The largest absolute Gasteiger partial charge is 0.391 e. The van der Waals surface area contributed by atoms with Gasteiger partial charge in [0.25, 0.3) is 5.56 Å². The molecule has 0 bridgehead atoms. The monoisotopic (exact) mass is 211 g/mol. The molecule has 1 aromatic heterocycles. The number of nitrogen functional groups attached to an aromatic ring is 1. The van der Waals surface area contributed by atoms with Crippen molar-refractivity contribution in [1.82, 2.24) is 14.9 Å². The van der Waals surface area contributed by atoms with Crippen LogP contribution in [0.5, 0.6) is 0 Å². The number of hydrogen-bond acceptors (Lipinski definition) is 5. The van der Waals surface area contributed by atoms with Gasteiger partial charge in [-0.2, -0.15) is 0 Å². The van der Waals surface area contributed by atoms with Crippen molar-refractivity contribution in [3.05, 3.63) is 16.7 Å². The highest BCUT2D eigenvalue weighted by Gasteiger charge is 2.09. The fourth-order valence-electron chi connectivity index (χ4n) is 1.16. The summed E-state index contributed by atoms with van der Waals surface area (Å²) in [7, 11) is 5.84. The van der Waals surface area contributed by atoms with Crippen molar-refractivity contribution in [2.45, 2.75) is 0 Å². The number of rotatable bonds is 4. The van der Waals surface area contributed by atoms with Crippen LogP contribution in [-0.2, 0) is 0 Å². The minimum Gasteiger partial charge on any atom is -0.391 e. The van der Waals surface area contributed by atoms with E-state index in [0.717, 1.165) is 13.1 Å². The van der Waals surface area contributed by atoms with Gasteiger partial charge in [0.05, 0.1) is 6.33 Å². The van der Waals surface area contributed by atoms with Gasteiger partial charge < -0.3 is 20.5 Å². The van der Waals surface area contributed by atoms with Crippen molar-refractivity contribution in [3.8, 4) is 0 Å². The molecule has 1 rings (SSSR count). The second-order valence-corrected chi connectivity index (χ2v) is 3.69. The second kappa shape index (κ2) is 4.79. The van der Waals surface area contributed by atoms with Gasteiger partial charge in [-0.3, -0.25) is 4.79 Å². The summed E-state index contributed by atoms with van der Waals surface area (Å²) in [6.45, 7) is 1.65. The number of aromatic nitrogens is 2. The van der Waals surface area contributed by atoms with E-state index >= 15 is 0 Å². The number of hydrogen-bond donors (Lipinski definition) is 2. The Morgan fingerprint density at radius 3 is 2.67 bits per heavy atom. The fraction of sp³-hybridized carbons (Fsp3) is 0.556. The topological polar surface area (TPSA) is 78.2 Å². The summed E-state index contributed by atoms with van der Waals surface area (Å²) < 4.78 is 0. The first kappa shape index (κ1) is 11.5. The summed E-state index contributed by atoms with van der Waals surface area (Å²) in [6, 6.07) is 0. The number of likely N-dealkylation sites (N-methyl/N-ethyl adjacent to an activating group) is 2. The first-order valence-corrected chi connectivity index (χ1v) is 4.71. The predicted molar refractivity (Wildman–Crippen MR) is 61.1 cm³/mol. The smallest absolute Gasteiger partial charge is 0.276 e.